The average molecular weight is 565 g/mol. The van der Waals surface area contributed by atoms with Crippen molar-refractivity contribution in [3.05, 3.63) is 136 Å². The van der Waals surface area contributed by atoms with Crippen LogP contribution in [0.3, 0.4) is 0 Å². The van der Waals surface area contributed by atoms with Gasteiger partial charge in [-0.1, -0.05) is 78.9 Å². The smallest absolute Gasteiger partial charge is 0.335 e. The van der Waals surface area contributed by atoms with Gasteiger partial charge in [-0.05, 0) is 64.4 Å². The first-order chi connectivity index (χ1) is 20.0. The molecule has 0 unspecified atom stereocenters. The molecule has 0 spiro atoms. The van der Waals surface area contributed by atoms with Crippen molar-refractivity contribution in [2.75, 3.05) is 7.11 Å². The van der Waals surface area contributed by atoms with Crippen LogP contribution in [0.25, 0.3) is 6.08 Å². The van der Waals surface area contributed by atoms with Gasteiger partial charge in [-0.2, -0.15) is 0 Å². The summed E-state index contributed by atoms with van der Waals surface area (Å²) in [7, 11) is 1.56. The largest absolute Gasteiger partial charge is 0.493 e. The lowest BCUT2D eigenvalue weighted by Crippen LogP contribution is -2.28. The topological polar surface area (TPSA) is 88.4 Å². The van der Waals surface area contributed by atoms with Crippen molar-refractivity contribution in [3.63, 3.8) is 0 Å². The number of carbonyl (C=O) groups excluding carboxylic acids is 1. The van der Waals surface area contributed by atoms with Crippen molar-refractivity contribution >= 4 is 34.9 Å². The number of carbonyl (C=O) groups is 2. The Morgan fingerprint density at radius 2 is 1.56 bits per heavy atom. The van der Waals surface area contributed by atoms with Crippen LogP contribution in [0.1, 0.15) is 32.6 Å². The van der Waals surface area contributed by atoms with E-state index in [1.165, 1.54) is 11.8 Å². The summed E-state index contributed by atoms with van der Waals surface area (Å²) in [5.74, 6) is -0.00969. The Bertz CT molecular complexity index is 1590. The van der Waals surface area contributed by atoms with Crippen molar-refractivity contribution in [2.24, 2.45) is 4.99 Å². The highest BCUT2D eigenvalue weighted by Crippen LogP contribution is 2.36. The SMILES string of the molecule is COc1cc(/C=C2/SC(=NCc3ccccc3)N(Cc3ccccc3)C2=O)ccc1OCc1ccc(C(=O)O)cc1. The third-order valence-corrected chi connectivity index (χ3v) is 7.44. The van der Waals surface area contributed by atoms with Crippen LogP contribution in [0.5, 0.6) is 11.5 Å². The molecule has 1 heterocycles. The maximum absolute atomic E-state index is 13.5. The summed E-state index contributed by atoms with van der Waals surface area (Å²) in [6.45, 7) is 1.16. The lowest BCUT2D eigenvalue weighted by atomic mass is 10.1. The van der Waals surface area contributed by atoms with Crippen LogP contribution < -0.4 is 9.47 Å². The number of aromatic carboxylic acids is 1. The molecule has 0 atom stereocenters. The molecule has 4 aromatic rings. The van der Waals surface area contributed by atoms with Gasteiger partial charge in [0.05, 0.1) is 30.7 Å². The van der Waals surface area contributed by atoms with Crippen LogP contribution in [0.4, 0.5) is 0 Å². The second kappa shape index (κ2) is 13.0. The van der Waals surface area contributed by atoms with Gasteiger partial charge >= 0.3 is 5.97 Å². The van der Waals surface area contributed by atoms with E-state index in [0.717, 1.165) is 22.3 Å². The van der Waals surface area contributed by atoms with E-state index in [1.54, 1.807) is 42.3 Å². The Balaban J connectivity index is 1.35. The quantitative estimate of drug-likeness (QED) is 0.217. The molecule has 7 nitrogen and oxygen atoms in total. The number of aliphatic imine (C=N–C) groups is 1. The number of hydrogen-bond donors (Lipinski definition) is 1. The predicted molar refractivity (Wildman–Crippen MR) is 161 cm³/mol. The molecule has 1 aliphatic heterocycles. The summed E-state index contributed by atoms with van der Waals surface area (Å²) in [5, 5.41) is 9.74. The van der Waals surface area contributed by atoms with E-state index in [1.807, 2.05) is 78.9 Å². The van der Waals surface area contributed by atoms with Crippen LogP contribution in [0.2, 0.25) is 0 Å². The number of thioether (sulfide) groups is 1. The molecule has 1 aliphatic rings. The van der Waals surface area contributed by atoms with E-state index in [4.69, 9.17) is 19.6 Å². The summed E-state index contributed by atoms with van der Waals surface area (Å²) in [6, 6.07) is 31.8. The number of methoxy groups -OCH3 is 1. The summed E-state index contributed by atoms with van der Waals surface area (Å²) in [6.07, 6.45) is 1.84. The molecule has 8 heteroatoms. The van der Waals surface area contributed by atoms with Crippen LogP contribution in [-0.2, 0) is 24.5 Å². The number of amides is 1. The Morgan fingerprint density at radius 1 is 0.878 bits per heavy atom. The number of rotatable bonds is 10. The second-order valence-electron chi connectivity index (χ2n) is 9.27. The average Bonchev–Trinajstić information content (AvgIpc) is 3.29. The lowest BCUT2D eigenvalue weighted by Gasteiger charge is -2.15. The van der Waals surface area contributed by atoms with Gasteiger partial charge in [0.25, 0.3) is 5.91 Å². The normalized spacial score (nSPS) is 15.0. The van der Waals surface area contributed by atoms with Gasteiger partial charge in [-0.25, -0.2) is 4.79 Å². The van der Waals surface area contributed by atoms with Crippen LogP contribution in [0, 0.1) is 0 Å². The molecule has 1 saturated heterocycles. The third-order valence-electron chi connectivity index (χ3n) is 6.39. The summed E-state index contributed by atoms with van der Waals surface area (Å²) < 4.78 is 11.5. The van der Waals surface area contributed by atoms with Gasteiger partial charge in [0.15, 0.2) is 16.7 Å². The summed E-state index contributed by atoms with van der Waals surface area (Å²) >= 11 is 1.36. The number of ether oxygens (including phenoxy) is 2. The fourth-order valence-corrected chi connectivity index (χ4v) is 5.20. The molecular formula is C33H28N2O5S. The maximum Gasteiger partial charge on any atom is 0.335 e. The Hall–Kier alpha value is -4.82. The highest BCUT2D eigenvalue weighted by atomic mass is 32.2. The van der Waals surface area contributed by atoms with E-state index in [0.29, 0.717) is 34.7 Å². The number of nitrogens with zero attached hydrogens (tertiary/aromatic N) is 2. The van der Waals surface area contributed by atoms with E-state index in [-0.39, 0.29) is 18.1 Å². The highest BCUT2D eigenvalue weighted by Gasteiger charge is 2.33. The van der Waals surface area contributed by atoms with Gasteiger partial charge in [0, 0.05) is 0 Å². The summed E-state index contributed by atoms with van der Waals surface area (Å²) in [5.41, 5.74) is 3.94. The number of carboxylic acids is 1. The molecule has 0 radical (unpaired) electrons. The van der Waals surface area contributed by atoms with Crippen molar-refractivity contribution in [1.82, 2.24) is 4.90 Å². The Kier molecular flexibility index (Phi) is 8.81. The summed E-state index contributed by atoms with van der Waals surface area (Å²) in [4.78, 5) is 31.7. The fourth-order valence-electron chi connectivity index (χ4n) is 4.22. The minimum absolute atomic E-state index is 0.102. The monoisotopic (exact) mass is 564 g/mol. The molecule has 1 fully saturated rings. The molecule has 206 valence electrons. The minimum atomic E-state index is -0.972. The maximum atomic E-state index is 13.5. The molecule has 5 rings (SSSR count). The molecule has 1 N–H and O–H groups in total. The predicted octanol–water partition coefficient (Wildman–Crippen LogP) is 6.65. The van der Waals surface area contributed by atoms with Crippen LogP contribution in [0.15, 0.2) is 113 Å². The van der Waals surface area contributed by atoms with Crippen molar-refractivity contribution in [1.29, 1.82) is 0 Å². The first-order valence-electron chi connectivity index (χ1n) is 13.0. The van der Waals surface area contributed by atoms with Crippen LogP contribution in [-0.4, -0.2) is 34.2 Å². The van der Waals surface area contributed by atoms with E-state index >= 15 is 0 Å². The third kappa shape index (κ3) is 7.04. The van der Waals surface area contributed by atoms with Crippen molar-refractivity contribution < 1.29 is 24.2 Å². The van der Waals surface area contributed by atoms with Gasteiger partial charge in [-0.3, -0.25) is 14.7 Å². The van der Waals surface area contributed by atoms with Crippen LogP contribution >= 0.6 is 11.8 Å². The number of carboxylic acid groups (broad SMARTS) is 1. The van der Waals surface area contributed by atoms with E-state index < -0.39 is 5.97 Å². The number of amidine groups is 1. The zero-order valence-electron chi connectivity index (χ0n) is 22.4. The minimum Gasteiger partial charge on any atom is -0.493 e. The van der Waals surface area contributed by atoms with Crippen molar-refractivity contribution in [3.8, 4) is 11.5 Å². The standard InChI is InChI=1S/C33H28N2O5S/c1-39-29-18-26(14-17-28(29)40-22-25-12-15-27(16-13-25)32(37)38)19-30-31(36)35(21-24-10-6-3-7-11-24)33(41-30)34-20-23-8-4-2-5-9-23/h2-19H,20-22H2,1H3,(H,37,38)/b30-19+,34-33?. The molecule has 1 amide bonds. The fraction of sp³-hybridized carbons (Fsp3) is 0.121. The number of benzene rings is 4. The van der Waals surface area contributed by atoms with E-state index in [2.05, 4.69) is 0 Å². The van der Waals surface area contributed by atoms with Gasteiger partial charge in [0.1, 0.15) is 6.61 Å². The first kappa shape index (κ1) is 27.7. The zero-order valence-corrected chi connectivity index (χ0v) is 23.2. The van der Waals surface area contributed by atoms with Gasteiger partial charge in [-0.15, -0.1) is 0 Å². The lowest BCUT2D eigenvalue weighted by molar-refractivity contribution is -0.122. The second-order valence-corrected chi connectivity index (χ2v) is 10.3. The molecule has 0 aromatic heterocycles. The molecule has 0 aliphatic carbocycles. The molecule has 41 heavy (non-hydrogen) atoms. The van der Waals surface area contributed by atoms with E-state index in [9.17, 15) is 9.59 Å². The van der Waals surface area contributed by atoms with Gasteiger partial charge in [0.2, 0.25) is 0 Å². The molecule has 0 bridgehead atoms. The first-order valence-corrected chi connectivity index (χ1v) is 13.8. The molecular weight excluding hydrogens is 536 g/mol. The zero-order chi connectivity index (χ0) is 28.6. The Labute approximate surface area is 242 Å². The van der Waals surface area contributed by atoms with Gasteiger partial charge < -0.3 is 14.6 Å². The Morgan fingerprint density at radius 3 is 2.22 bits per heavy atom. The molecule has 4 aromatic carbocycles. The molecule has 0 saturated carbocycles. The van der Waals surface area contributed by atoms with Crippen molar-refractivity contribution in [2.45, 2.75) is 19.7 Å². The number of hydrogen-bond acceptors (Lipinski definition) is 6. The highest BCUT2D eigenvalue weighted by molar-refractivity contribution is 8.18.